The highest BCUT2D eigenvalue weighted by atomic mass is 32.1. The van der Waals surface area contributed by atoms with Crippen molar-refractivity contribution in [1.82, 2.24) is 4.98 Å². The van der Waals surface area contributed by atoms with Crippen molar-refractivity contribution in [2.45, 2.75) is 19.8 Å². The number of amides is 1. The van der Waals surface area contributed by atoms with E-state index in [4.69, 9.17) is 5.73 Å². The molecule has 3 N–H and O–H groups in total. The lowest BCUT2D eigenvalue weighted by Gasteiger charge is -2.08. The highest BCUT2D eigenvalue weighted by molar-refractivity contribution is 7.13. The Morgan fingerprint density at radius 2 is 2.22 bits per heavy atom. The molecule has 0 aliphatic heterocycles. The predicted molar refractivity (Wildman–Crippen MR) is 75.5 cm³/mol. The normalized spacial score (nSPS) is 10.3. The van der Waals surface area contributed by atoms with Gasteiger partial charge in [0.15, 0.2) is 5.13 Å². The van der Waals surface area contributed by atoms with Crippen molar-refractivity contribution in [2.75, 3.05) is 11.1 Å². The Hall–Kier alpha value is -1.88. The number of anilines is 2. The molecule has 1 heterocycles. The Morgan fingerprint density at radius 1 is 1.44 bits per heavy atom. The molecule has 94 valence electrons. The molecule has 0 aliphatic carbocycles. The van der Waals surface area contributed by atoms with Gasteiger partial charge < -0.3 is 11.1 Å². The van der Waals surface area contributed by atoms with E-state index in [2.05, 4.69) is 10.3 Å². The molecule has 5 heteroatoms. The standard InChI is InChI=1S/C13H15N3OS/c1-2-5-12(17)15-10-7-4-3-6-9(10)11-8-18-13(14)16-11/h3-4,6-8H,2,5H2,1H3,(H2,14,16)(H,15,17). The van der Waals surface area contributed by atoms with Gasteiger partial charge in [0.05, 0.1) is 11.4 Å². The highest BCUT2D eigenvalue weighted by Gasteiger charge is 2.09. The van der Waals surface area contributed by atoms with E-state index in [0.29, 0.717) is 11.6 Å². The molecule has 0 saturated carbocycles. The fraction of sp³-hybridized carbons (Fsp3) is 0.231. The number of carbonyl (C=O) groups excluding carboxylic acids is 1. The monoisotopic (exact) mass is 261 g/mol. The second-order valence-corrected chi connectivity index (χ2v) is 4.80. The number of para-hydroxylation sites is 1. The van der Waals surface area contributed by atoms with Crippen LogP contribution < -0.4 is 11.1 Å². The third-order valence-corrected chi connectivity index (χ3v) is 3.15. The number of nitrogens with one attached hydrogen (secondary N) is 1. The van der Waals surface area contributed by atoms with Crippen LogP contribution in [0.4, 0.5) is 10.8 Å². The molecule has 0 radical (unpaired) electrons. The first-order valence-corrected chi connectivity index (χ1v) is 6.69. The topological polar surface area (TPSA) is 68.0 Å². The zero-order valence-corrected chi connectivity index (χ0v) is 11.0. The summed E-state index contributed by atoms with van der Waals surface area (Å²) < 4.78 is 0. The predicted octanol–water partition coefficient (Wildman–Crippen LogP) is 3.13. The molecule has 0 fully saturated rings. The first-order valence-electron chi connectivity index (χ1n) is 5.81. The van der Waals surface area contributed by atoms with Crippen molar-refractivity contribution in [3.05, 3.63) is 29.6 Å². The Labute approximate surface area is 110 Å². The SMILES string of the molecule is CCCC(=O)Nc1ccccc1-c1csc(N)n1. The molecule has 0 aliphatic rings. The second-order valence-electron chi connectivity index (χ2n) is 3.91. The minimum atomic E-state index is 0.0214. The van der Waals surface area contributed by atoms with Crippen molar-refractivity contribution >= 4 is 28.1 Å². The van der Waals surface area contributed by atoms with Crippen LogP contribution in [-0.2, 0) is 4.79 Å². The molecule has 2 rings (SSSR count). The molecule has 0 unspecified atom stereocenters. The van der Waals surface area contributed by atoms with Gasteiger partial charge in [-0.3, -0.25) is 4.79 Å². The summed E-state index contributed by atoms with van der Waals surface area (Å²) in [6, 6.07) is 7.61. The third-order valence-electron chi connectivity index (χ3n) is 2.48. The lowest BCUT2D eigenvalue weighted by atomic mass is 10.1. The average Bonchev–Trinajstić information content (AvgIpc) is 2.77. The minimum Gasteiger partial charge on any atom is -0.375 e. The maximum absolute atomic E-state index is 11.6. The van der Waals surface area contributed by atoms with Crippen LogP contribution in [0.5, 0.6) is 0 Å². The average molecular weight is 261 g/mol. The lowest BCUT2D eigenvalue weighted by molar-refractivity contribution is -0.116. The summed E-state index contributed by atoms with van der Waals surface area (Å²) in [4.78, 5) is 15.9. The van der Waals surface area contributed by atoms with Gasteiger partial charge in [0, 0.05) is 17.4 Å². The van der Waals surface area contributed by atoms with Gasteiger partial charge in [-0.25, -0.2) is 4.98 Å². The number of hydrogen-bond donors (Lipinski definition) is 2. The number of nitrogens with zero attached hydrogens (tertiary/aromatic N) is 1. The molecule has 0 bridgehead atoms. The quantitative estimate of drug-likeness (QED) is 0.888. The van der Waals surface area contributed by atoms with Crippen LogP contribution >= 0.6 is 11.3 Å². The van der Waals surface area contributed by atoms with Crippen LogP contribution in [0.3, 0.4) is 0 Å². The Kier molecular flexibility index (Phi) is 3.94. The molecule has 18 heavy (non-hydrogen) atoms. The largest absolute Gasteiger partial charge is 0.375 e. The van der Waals surface area contributed by atoms with E-state index >= 15 is 0 Å². The summed E-state index contributed by atoms with van der Waals surface area (Å²) in [5.41, 5.74) is 8.11. The number of carbonyl (C=O) groups is 1. The smallest absolute Gasteiger partial charge is 0.224 e. The van der Waals surface area contributed by atoms with Gasteiger partial charge in [0.1, 0.15) is 0 Å². The molecular formula is C13H15N3OS. The molecule has 1 aromatic heterocycles. The van der Waals surface area contributed by atoms with Gasteiger partial charge >= 0.3 is 0 Å². The zero-order valence-electron chi connectivity index (χ0n) is 10.1. The Morgan fingerprint density at radius 3 is 2.89 bits per heavy atom. The summed E-state index contributed by atoms with van der Waals surface area (Å²) in [5.74, 6) is 0.0214. The minimum absolute atomic E-state index is 0.0214. The van der Waals surface area contributed by atoms with Gasteiger partial charge in [0.25, 0.3) is 0 Å². The van der Waals surface area contributed by atoms with E-state index in [1.807, 2.05) is 36.6 Å². The molecule has 2 aromatic rings. The number of benzene rings is 1. The fourth-order valence-corrected chi connectivity index (χ4v) is 2.23. The summed E-state index contributed by atoms with van der Waals surface area (Å²) >= 11 is 1.39. The number of aromatic nitrogens is 1. The van der Waals surface area contributed by atoms with Crippen LogP contribution in [0.2, 0.25) is 0 Å². The zero-order chi connectivity index (χ0) is 13.0. The van der Waals surface area contributed by atoms with E-state index in [-0.39, 0.29) is 5.91 Å². The summed E-state index contributed by atoms with van der Waals surface area (Å²) in [6.45, 7) is 1.98. The van der Waals surface area contributed by atoms with Crippen molar-refractivity contribution in [3.63, 3.8) is 0 Å². The Bertz CT molecular complexity index is 551. The van der Waals surface area contributed by atoms with Crippen molar-refractivity contribution < 1.29 is 4.79 Å². The van der Waals surface area contributed by atoms with E-state index < -0.39 is 0 Å². The maximum Gasteiger partial charge on any atom is 0.224 e. The van der Waals surface area contributed by atoms with Gasteiger partial charge in [-0.15, -0.1) is 11.3 Å². The Balaban J connectivity index is 2.28. The molecule has 0 spiro atoms. The molecule has 0 saturated heterocycles. The first kappa shape index (κ1) is 12.6. The van der Waals surface area contributed by atoms with Gasteiger partial charge in [-0.1, -0.05) is 25.1 Å². The summed E-state index contributed by atoms with van der Waals surface area (Å²) in [6.07, 6.45) is 1.35. The molecule has 4 nitrogen and oxygen atoms in total. The number of thiazole rings is 1. The van der Waals surface area contributed by atoms with E-state index in [9.17, 15) is 4.79 Å². The van der Waals surface area contributed by atoms with Crippen LogP contribution in [0.15, 0.2) is 29.6 Å². The van der Waals surface area contributed by atoms with Crippen molar-refractivity contribution in [3.8, 4) is 11.3 Å². The van der Waals surface area contributed by atoms with Gasteiger partial charge in [-0.2, -0.15) is 0 Å². The van der Waals surface area contributed by atoms with Crippen molar-refractivity contribution in [2.24, 2.45) is 0 Å². The summed E-state index contributed by atoms with van der Waals surface area (Å²) in [7, 11) is 0. The van der Waals surface area contributed by atoms with Gasteiger partial charge in [-0.05, 0) is 12.5 Å². The fourth-order valence-electron chi connectivity index (χ4n) is 1.67. The third kappa shape index (κ3) is 2.87. The van der Waals surface area contributed by atoms with Crippen LogP contribution in [0.1, 0.15) is 19.8 Å². The highest BCUT2D eigenvalue weighted by Crippen LogP contribution is 2.29. The molecule has 0 atom stereocenters. The van der Waals surface area contributed by atoms with E-state index in [1.165, 1.54) is 11.3 Å². The molecule has 1 aromatic carbocycles. The van der Waals surface area contributed by atoms with E-state index in [0.717, 1.165) is 23.4 Å². The number of nitrogen functional groups attached to an aromatic ring is 1. The van der Waals surface area contributed by atoms with Gasteiger partial charge in [0.2, 0.25) is 5.91 Å². The number of rotatable bonds is 4. The lowest BCUT2D eigenvalue weighted by Crippen LogP contribution is -2.11. The van der Waals surface area contributed by atoms with E-state index in [1.54, 1.807) is 0 Å². The van der Waals surface area contributed by atoms with Crippen molar-refractivity contribution in [1.29, 1.82) is 0 Å². The van der Waals surface area contributed by atoms with Crippen LogP contribution in [-0.4, -0.2) is 10.9 Å². The first-order chi connectivity index (χ1) is 8.70. The molecule has 1 amide bonds. The van der Waals surface area contributed by atoms with Crippen LogP contribution in [0, 0.1) is 0 Å². The number of nitrogens with two attached hydrogens (primary N) is 1. The maximum atomic E-state index is 11.6. The van der Waals surface area contributed by atoms with Crippen LogP contribution in [0.25, 0.3) is 11.3 Å². The summed E-state index contributed by atoms with van der Waals surface area (Å²) in [5, 5.41) is 5.32. The molecular weight excluding hydrogens is 246 g/mol. The number of hydrogen-bond acceptors (Lipinski definition) is 4. The second kappa shape index (κ2) is 5.64.